The number of benzene rings is 2. The van der Waals surface area contributed by atoms with Gasteiger partial charge in [0.1, 0.15) is 0 Å². The van der Waals surface area contributed by atoms with Gasteiger partial charge in [0, 0.05) is 49.0 Å². The van der Waals surface area contributed by atoms with Crippen molar-refractivity contribution in [3.05, 3.63) is 95.3 Å². The van der Waals surface area contributed by atoms with Gasteiger partial charge in [-0.25, -0.2) is 0 Å². The van der Waals surface area contributed by atoms with Crippen molar-refractivity contribution in [1.82, 2.24) is 9.97 Å². The number of nitrogens with zero attached hydrogens (tertiary/aromatic N) is 2. The third-order valence-electron chi connectivity index (χ3n) is 6.82. The molecule has 253 valence electrons. The van der Waals surface area contributed by atoms with Crippen molar-refractivity contribution in [2.75, 3.05) is 0 Å². The van der Waals surface area contributed by atoms with E-state index in [0.29, 0.717) is 28.1 Å². The minimum Gasteiger partial charge on any atom is -0.305 e. The summed E-state index contributed by atoms with van der Waals surface area (Å²) in [5, 5.41) is 2.29. The number of hydrogen-bond acceptors (Lipinski definition) is 2. The molecule has 0 saturated carbocycles. The molecule has 2 heterocycles. The van der Waals surface area contributed by atoms with E-state index in [1.54, 1.807) is 36.4 Å². The van der Waals surface area contributed by atoms with Crippen LogP contribution in [0.4, 0.5) is 0 Å². The molecule has 0 atom stereocenters. The van der Waals surface area contributed by atoms with E-state index < -0.39 is 41.6 Å². The van der Waals surface area contributed by atoms with Gasteiger partial charge < -0.3 is 4.98 Å². The fourth-order valence-corrected chi connectivity index (χ4v) is 7.74. The van der Waals surface area contributed by atoms with Crippen LogP contribution in [0.1, 0.15) is 95.0 Å². The SMILES string of the molecule is C.C.C.I.[2H]C([2H])([2H])c1ccc[c-]c1-c1cc(C([2H])(C)C)c([Si](C)(C)C)cn1.[2H]C([2H])([2H])c1ccccc1-c1cc(C([2H])(C)C)c([Si](C)(C)C)cn1.[Ir]. The van der Waals surface area contributed by atoms with E-state index in [0.717, 1.165) is 21.5 Å². The molecule has 6 heteroatoms. The first-order valence-electron chi connectivity index (χ1n) is 17.8. The Morgan fingerprint density at radius 2 is 1.13 bits per heavy atom. The van der Waals surface area contributed by atoms with E-state index in [-0.39, 0.29) is 71.9 Å². The fraction of sp³-hybridized carbons (Fsp3) is 0.436. The topological polar surface area (TPSA) is 25.8 Å². The van der Waals surface area contributed by atoms with Crippen LogP contribution in [0.5, 0.6) is 0 Å². The number of halogens is 1. The summed E-state index contributed by atoms with van der Waals surface area (Å²) in [5.41, 5.74) is 4.69. The molecular formula is C39H62IIrN2Si2-. The first kappa shape index (κ1) is 33.5. The quantitative estimate of drug-likeness (QED) is 0.109. The molecule has 0 unspecified atom stereocenters. The third-order valence-corrected chi connectivity index (χ3v) is 10.8. The van der Waals surface area contributed by atoms with Gasteiger partial charge in [-0.2, -0.15) is 0 Å². The normalized spacial score (nSPS) is 14.3. The number of pyridine rings is 2. The van der Waals surface area contributed by atoms with Crippen LogP contribution >= 0.6 is 24.0 Å². The molecule has 0 spiro atoms. The number of hydrogen-bond donors (Lipinski definition) is 0. The average molecular weight is 942 g/mol. The standard InChI is InChI=1S/C18H25NSi.C18H24NSi.3CH4.HI.Ir/c2*1-13(2)16-11-17(15-10-8-7-9-14(15)3)19-12-18(16)20(4,5)6;;;;;/h7-13H,1-6H3;7-9,11-13H,1-6H3;3*1H4;1H;/q;-1;;;;;/i2*3D3,13D;;;;;. The van der Waals surface area contributed by atoms with Gasteiger partial charge in [0.15, 0.2) is 0 Å². The van der Waals surface area contributed by atoms with E-state index in [9.17, 15) is 0 Å². The molecule has 4 rings (SSSR count). The van der Waals surface area contributed by atoms with Crippen LogP contribution < -0.4 is 10.4 Å². The molecular weight excluding hydrogens is 872 g/mol. The summed E-state index contributed by atoms with van der Waals surface area (Å²) in [5.74, 6) is -1.54. The smallest absolute Gasteiger partial charge is 0.0799 e. The van der Waals surface area contributed by atoms with Crippen LogP contribution in [0.15, 0.2) is 67.0 Å². The van der Waals surface area contributed by atoms with E-state index in [2.05, 4.69) is 55.3 Å². The van der Waals surface area contributed by atoms with Crippen molar-refractivity contribution in [3.8, 4) is 22.5 Å². The Morgan fingerprint density at radius 3 is 1.60 bits per heavy atom. The van der Waals surface area contributed by atoms with E-state index in [4.69, 9.17) is 11.0 Å². The molecule has 2 nitrogen and oxygen atoms in total. The summed E-state index contributed by atoms with van der Waals surface area (Å²) in [6.45, 7) is 16.4. The van der Waals surface area contributed by atoms with Crippen LogP contribution in [0.2, 0.25) is 39.3 Å². The second-order valence-electron chi connectivity index (χ2n) is 12.7. The zero-order valence-electron chi connectivity index (χ0n) is 34.5. The second-order valence-corrected chi connectivity index (χ2v) is 22.8. The van der Waals surface area contributed by atoms with Gasteiger partial charge in [0.25, 0.3) is 0 Å². The van der Waals surface area contributed by atoms with Crippen LogP contribution in [0.3, 0.4) is 0 Å². The number of rotatable bonds is 6. The molecule has 0 aliphatic rings. The monoisotopic (exact) mass is 942 g/mol. The third kappa shape index (κ3) is 12.6. The molecule has 0 fully saturated rings. The Hall–Kier alpha value is -1.45. The Labute approximate surface area is 322 Å². The molecule has 0 bridgehead atoms. The van der Waals surface area contributed by atoms with Crippen molar-refractivity contribution >= 4 is 50.5 Å². The van der Waals surface area contributed by atoms with Gasteiger partial charge in [-0.1, -0.05) is 132 Å². The maximum Gasteiger partial charge on any atom is 0.0799 e. The van der Waals surface area contributed by atoms with E-state index >= 15 is 0 Å². The number of aryl methyl sites for hydroxylation is 2. The van der Waals surface area contributed by atoms with E-state index in [1.807, 2.05) is 58.3 Å². The molecule has 0 aliphatic carbocycles. The van der Waals surface area contributed by atoms with Crippen molar-refractivity contribution in [1.29, 1.82) is 0 Å². The van der Waals surface area contributed by atoms with Gasteiger partial charge in [-0.05, 0) is 51.9 Å². The Kier molecular flexibility index (Phi) is 14.9. The summed E-state index contributed by atoms with van der Waals surface area (Å²) in [6, 6.07) is 18.8. The molecule has 0 saturated heterocycles. The van der Waals surface area contributed by atoms with Crippen molar-refractivity contribution in [3.63, 3.8) is 0 Å². The van der Waals surface area contributed by atoms with Crippen LogP contribution in [-0.2, 0) is 20.1 Å². The summed E-state index contributed by atoms with van der Waals surface area (Å²) in [6.07, 6.45) is 3.68. The van der Waals surface area contributed by atoms with Crippen molar-refractivity contribution in [2.24, 2.45) is 0 Å². The Bertz CT molecular complexity index is 1620. The summed E-state index contributed by atoms with van der Waals surface area (Å²) >= 11 is 0. The van der Waals surface area contributed by atoms with Gasteiger partial charge in [0.05, 0.1) is 21.8 Å². The molecule has 2 aromatic carbocycles. The maximum absolute atomic E-state index is 8.51. The van der Waals surface area contributed by atoms with Crippen molar-refractivity contribution in [2.45, 2.75) is 115 Å². The zero-order chi connectivity index (χ0) is 36.7. The first-order chi connectivity index (χ1) is 21.6. The maximum atomic E-state index is 8.51. The van der Waals surface area contributed by atoms with Gasteiger partial charge in [-0.3, -0.25) is 4.98 Å². The minimum atomic E-state index is -2.22. The molecule has 1 radical (unpaired) electrons. The first-order valence-corrected chi connectivity index (χ1v) is 20.8. The molecule has 0 N–H and O–H groups in total. The molecule has 45 heavy (non-hydrogen) atoms. The molecule has 2 aromatic heterocycles. The Morgan fingerprint density at radius 1 is 0.689 bits per heavy atom. The molecule has 4 aromatic rings. The minimum absolute atomic E-state index is 0. The molecule has 0 aliphatic heterocycles. The predicted octanol–water partition coefficient (Wildman–Crippen LogP) is 11.8. The summed E-state index contributed by atoms with van der Waals surface area (Å²) < 4.78 is 63.5. The van der Waals surface area contributed by atoms with Crippen LogP contribution in [0, 0.1) is 19.8 Å². The van der Waals surface area contributed by atoms with E-state index in [1.165, 1.54) is 0 Å². The number of aromatic nitrogens is 2. The summed E-state index contributed by atoms with van der Waals surface area (Å²) in [4.78, 5) is 9.10. The van der Waals surface area contributed by atoms with Crippen LogP contribution in [0.25, 0.3) is 22.5 Å². The van der Waals surface area contributed by atoms with Gasteiger partial charge in [-0.15, -0.1) is 59.4 Å². The van der Waals surface area contributed by atoms with Crippen molar-refractivity contribution < 1.29 is 31.1 Å². The largest absolute Gasteiger partial charge is 0.305 e. The van der Waals surface area contributed by atoms with Crippen LogP contribution in [-0.4, -0.2) is 26.1 Å². The van der Waals surface area contributed by atoms with Gasteiger partial charge in [0.2, 0.25) is 0 Å². The Balaban J connectivity index is -0.000000862. The zero-order valence-corrected chi connectivity index (χ0v) is 33.2. The second kappa shape index (κ2) is 20.0. The average Bonchev–Trinajstić information content (AvgIpc) is 2.94. The summed E-state index contributed by atoms with van der Waals surface area (Å²) in [7, 11) is -3.32. The molecule has 0 amide bonds. The van der Waals surface area contributed by atoms with Gasteiger partial charge >= 0.3 is 0 Å². The predicted molar refractivity (Wildman–Crippen MR) is 217 cm³/mol. The fourth-order valence-electron chi connectivity index (χ4n) is 4.57.